The van der Waals surface area contributed by atoms with E-state index in [0.29, 0.717) is 61.0 Å². The van der Waals surface area contributed by atoms with E-state index < -0.39 is 22.8 Å². The van der Waals surface area contributed by atoms with E-state index in [1.807, 2.05) is 0 Å². The summed E-state index contributed by atoms with van der Waals surface area (Å²) in [6.45, 7) is 7.61. The summed E-state index contributed by atoms with van der Waals surface area (Å²) in [7, 11) is 5.87. The first-order valence-corrected chi connectivity index (χ1v) is 26.7. The average Bonchev–Trinajstić information content (AvgIpc) is 3.05. The van der Waals surface area contributed by atoms with Crippen LogP contribution >= 0.6 is 45.3 Å². The summed E-state index contributed by atoms with van der Waals surface area (Å²) in [5, 5.41) is 51.8. The molecule has 0 atom stereocenters. The molecule has 37 nitrogen and oxygen atoms in total. The van der Waals surface area contributed by atoms with Gasteiger partial charge in [-0.1, -0.05) is 67.4 Å². The summed E-state index contributed by atoms with van der Waals surface area (Å²) in [5.74, 6) is 2.91. The summed E-state index contributed by atoms with van der Waals surface area (Å²) in [4.78, 5) is 63.1. The molecule has 0 aliphatic heterocycles. The highest BCUT2D eigenvalue weighted by Crippen LogP contribution is 2.27. The Morgan fingerprint density at radius 1 is 0.524 bits per heavy atom. The first-order chi connectivity index (χ1) is 42.3. The van der Waals surface area contributed by atoms with Gasteiger partial charge in [0.25, 0.3) is 50.2 Å². The Morgan fingerprint density at radius 3 is 1.26 bits per heavy atom. The van der Waals surface area contributed by atoms with Crippen LogP contribution in [0.5, 0.6) is 26.7 Å². The van der Waals surface area contributed by atoms with Gasteiger partial charge in [0.05, 0.1) is 34.5 Å². The number of ether oxygens (including phenoxy) is 5. The van der Waals surface area contributed by atoms with Gasteiger partial charge in [0.15, 0.2) is 5.69 Å². The van der Waals surface area contributed by atoms with Crippen LogP contribution in [0.1, 0.15) is 51.7 Å². The first-order valence-electron chi connectivity index (χ1n) is 25.2. The molecule has 0 spiro atoms. The van der Waals surface area contributed by atoms with Crippen molar-refractivity contribution in [3.63, 3.8) is 0 Å². The van der Waals surface area contributed by atoms with Gasteiger partial charge in [-0.2, -0.15) is 18.7 Å². The fourth-order valence-corrected chi connectivity index (χ4v) is 8.07. The van der Waals surface area contributed by atoms with Crippen molar-refractivity contribution in [1.82, 2.24) is 120 Å². The topological polar surface area (TPSA) is 413 Å². The van der Waals surface area contributed by atoms with Gasteiger partial charge in [0, 0.05) is 74.4 Å². The number of tetrazole rings is 4. The Morgan fingerprint density at radius 2 is 0.881 bits per heavy atom. The van der Waals surface area contributed by atoms with Gasteiger partial charge in [0.2, 0.25) is 0 Å². The van der Waals surface area contributed by atoms with Gasteiger partial charge >= 0.3 is 22.8 Å². The third-order valence-corrected chi connectivity index (χ3v) is 12.9. The van der Waals surface area contributed by atoms with E-state index in [1.54, 1.807) is 30.0 Å². The predicted octanol–water partition coefficient (Wildman–Crippen LogP) is 1.29. The molecule has 0 aliphatic carbocycles. The van der Waals surface area contributed by atoms with E-state index in [1.165, 1.54) is 85.0 Å². The standard InChI is InChI=1S/C11H12N6O4S.C11H10N6O3S.C11H8N6O3S.C10H10N6O3S/c1-3-19-8-7(6-20-10-12-4-5-22-10)9(21-13-8)17-11(18)16(2)14-15-17;2*1-3-8-7(6-19-10-12-4-5-21-10)9(20-13-8)17-11(18)16(2)14-15-17;1-6-7(5-18-9-11-3-4-20-9)8(19-12-6)16-10(17)15(2)13-14-16/h4-5H,3,6H2,1-2H3;3-5H,1,6H2,2H3;1,4-5H,6H2,2H3;3-4H,5H2,1-2H3/i3*4T;3T. The normalized spacial score (nSPS) is 11.4. The molecule has 0 aliphatic rings. The lowest BCUT2D eigenvalue weighted by molar-refractivity contribution is 0.276. The van der Waals surface area contributed by atoms with Crippen LogP contribution in [0.15, 0.2) is 90.1 Å². The number of aromatic nitrogens is 24. The predicted molar refractivity (Wildman–Crippen MR) is 286 cm³/mol. The van der Waals surface area contributed by atoms with Crippen LogP contribution in [0.4, 0.5) is 0 Å². The highest BCUT2D eigenvalue weighted by Gasteiger charge is 2.26. The molecule has 0 amide bonds. The van der Waals surface area contributed by atoms with Crippen LogP contribution in [0.25, 0.3) is 29.6 Å². The number of rotatable bonds is 19. The highest BCUT2D eigenvalue weighted by molar-refractivity contribution is 7.12. The smallest absolute Gasteiger partial charge is 0.370 e. The van der Waals surface area contributed by atoms with Crippen LogP contribution < -0.4 is 46.4 Å². The number of aryl methyl sites for hydroxylation is 5. The number of thiazole rings is 4. The lowest BCUT2D eigenvalue weighted by Crippen LogP contribution is -2.22. The van der Waals surface area contributed by atoms with Crippen LogP contribution in [0, 0.1) is 19.3 Å². The SMILES string of the molecule is [3H]c1csc(OCc2c(C#C)noc2-n2nnn(C)c2=O)n1.[3H]c1csc(OCc2c(C)noc2-n2nnn(C)c2=O)n1.[3H]c1csc(OCc2c(C=C)noc2-n2nnn(C)c2=O)n1.[3H]c1csc(OCc2c(OCC)noc2-n2nnn(C)c2=O)n1. The van der Waals surface area contributed by atoms with Crippen molar-refractivity contribution in [2.45, 2.75) is 40.3 Å². The third kappa shape index (κ3) is 13.0. The maximum atomic E-state index is 12.0. The molecule has 0 unspecified atom stereocenters. The molecule has 12 rings (SSSR count). The van der Waals surface area contributed by atoms with Crippen LogP contribution in [-0.4, -0.2) is 126 Å². The zero-order valence-electron chi connectivity index (χ0n) is 47.9. The van der Waals surface area contributed by atoms with Crippen molar-refractivity contribution in [3.8, 4) is 62.5 Å². The molecule has 41 heteroatoms. The molecule has 12 aromatic heterocycles. The number of nitrogens with zero attached hydrogens (tertiary/aromatic N) is 24. The summed E-state index contributed by atoms with van der Waals surface area (Å²) < 4.78 is 85.4. The van der Waals surface area contributed by atoms with Crippen LogP contribution in [0.2, 0.25) is 0 Å². The van der Waals surface area contributed by atoms with E-state index in [0.717, 1.165) is 37.5 Å². The van der Waals surface area contributed by atoms with Crippen molar-refractivity contribution < 1.29 is 47.3 Å². The van der Waals surface area contributed by atoms with Crippen molar-refractivity contribution in [3.05, 3.63) is 134 Å². The third-order valence-electron chi connectivity index (χ3n) is 10.4. The molecule has 434 valence electrons. The van der Waals surface area contributed by atoms with Crippen molar-refractivity contribution in [1.29, 1.82) is 0 Å². The minimum absolute atomic E-state index is 0.00979. The lowest BCUT2D eigenvalue weighted by Gasteiger charge is -2.04. The zero-order chi connectivity index (χ0) is 62.8. The molecule has 12 aromatic rings. The van der Waals surface area contributed by atoms with Crippen LogP contribution in [-0.2, 0) is 54.6 Å². The minimum atomic E-state index is -0.510. The van der Waals surface area contributed by atoms with Crippen molar-refractivity contribution in [2.24, 2.45) is 28.2 Å². The fraction of sp³-hybridized carbons (Fsp3) is 0.256. The average molecular weight is 1240 g/mol. The molecule has 0 bridgehead atoms. The number of hydrogen-bond acceptors (Lipinski definition) is 33. The van der Waals surface area contributed by atoms with Gasteiger partial charge < -0.3 is 41.8 Å². The second-order valence-corrected chi connectivity index (χ2v) is 18.9. The van der Waals surface area contributed by atoms with Gasteiger partial charge in [-0.25, -0.2) is 39.1 Å². The maximum absolute atomic E-state index is 12.0. The molecule has 12 heterocycles. The van der Waals surface area contributed by atoms with Gasteiger partial charge in [-0.15, -0.1) is 25.2 Å². The second kappa shape index (κ2) is 26.6. The van der Waals surface area contributed by atoms with Gasteiger partial charge in [0.1, 0.15) is 37.7 Å². The molecule has 84 heavy (non-hydrogen) atoms. The fourth-order valence-electron chi connectivity index (χ4n) is 6.31. The Bertz CT molecular complexity index is 4650. The summed E-state index contributed by atoms with van der Waals surface area (Å²) >= 11 is 4.77. The van der Waals surface area contributed by atoms with E-state index in [9.17, 15) is 19.2 Å². The largest absolute Gasteiger partial charge is 0.475 e. The monoisotopic (exact) mass is 1240 g/mol. The summed E-state index contributed by atoms with van der Waals surface area (Å²) in [6.07, 6.45) is 7.32. The van der Waals surface area contributed by atoms with Crippen LogP contribution in [0.3, 0.4) is 0 Å². The highest BCUT2D eigenvalue weighted by atomic mass is 32.1. The summed E-state index contributed by atoms with van der Waals surface area (Å²) in [5.41, 5.74) is 1.08. The quantitative estimate of drug-likeness (QED) is 0.103. The van der Waals surface area contributed by atoms with Crippen molar-refractivity contribution in [2.75, 3.05) is 6.61 Å². The second-order valence-electron chi connectivity index (χ2n) is 15.6. The Balaban J connectivity index is 0.000000140. The van der Waals surface area contributed by atoms with E-state index >= 15 is 0 Å². The molecule has 0 radical (unpaired) electrons. The maximum Gasteiger partial charge on any atom is 0.370 e. The van der Waals surface area contributed by atoms with E-state index in [2.05, 4.69) is 94.8 Å². The van der Waals surface area contributed by atoms with E-state index in [4.69, 9.17) is 53.7 Å². The zero-order valence-corrected chi connectivity index (χ0v) is 47.1. The minimum Gasteiger partial charge on any atom is -0.475 e. The Kier molecular flexibility index (Phi) is 16.6. The van der Waals surface area contributed by atoms with Gasteiger partial charge in [-0.3, -0.25) is 0 Å². The first kappa shape index (κ1) is 52.5. The molecule has 0 saturated carbocycles. The molecule has 0 N–H and O–H groups in total. The molecule has 0 saturated heterocycles. The number of terminal acetylenes is 1. The van der Waals surface area contributed by atoms with E-state index in [-0.39, 0.29) is 86.2 Å². The number of hydrogen-bond donors (Lipinski definition) is 0. The molecule has 0 fully saturated rings. The molecular weight excluding hydrogens is 1190 g/mol. The van der Waals surface area contributed by atoms with Crippen molar-refractivity contribution >= 4 is 51.4 Å². The Hall–Kier alpha value is -10.9. The summed E-state index contributed by atoms with van der Waals surface area (Å²) in [6, 6.07) is 0. The Labute approximate surface area is 488 Å². The van der Waals surface area contributed by atoms with Gasteiger partial charge in [-0.05, 0) is 72.7 Å². The lowest BCUT2D eigenvalue weighted by atomic mass is 10.2. The molecule has 0 aromatic carbocycles. The molecular formula is C43H40N24O13S4.